The summed E-state index contributed by atoms with van der Waals surface area (Å²) in [5.41, 5.74) is 2.90. The molecule has 0 saturated heterocycles. The van der Waals surface area contributed by atoms with Gasteiger partial charge in [0.15, 0.2) is 5.78 Å². The van der Waals surface area contributed by atoms with Gasteiger partial charge in [0.05, 0.1) is 11.8 Å². The minimum Gasteiger partial charge on any atom is -0.469 e. The molecule has 1 aromatic heterocycles. The summed E-state index contributed by atoms with van der Waals surface area (Å²) < 4.78 is 5.13. The highest BCUT2D eigenvalue weighted by Crippen LogP contribution is 2.13. The van der Waals surface area contributed by atoms with Crippen LogP contribution in [0.4, 0.5) is 0 Å². The molecule has 0 radical (unpaired) electrons. The van der Waals surface area contributed by atoms with E-state index in [1.54, 1.807) is 12.3 Å². The smallest absolute Gasteiger partial charge is 0.170 e. The lowest BCUT2D eigenvalue weighted by atomic mass is 10.0. The summed E-state index contributed by atoms with van der Waals surface area (Å²) in [5, 5.41) is 0. The van der Waals surface area contributed by atoms with Gasteiger partial charge < -0.3 is 4.42 Å². The van der Waals surface area contributed by atoms with Crippen molar-refractivity contribution in [2.75, 3.05) is 0 Å². The monoisotopic (exact) mass is 214 g/mol. The topological polar surface area (TPSA) is 30.2 Å². The summed E-state index contributed by atoms with van der Waals surface area (Å²) in [7, 11) is 0. The molecule has 0 atom stereocenters. The Kier molecular flexibility index (Phi) is 2.91. The number of ketones is 1. The lowest BCUT2D eigenvalue weighted by Gasteiger charge is -2.01. The SMILES string of the molecule is Cc1cccc(CC(=O)c2ccoc2C)c1. The Morgan fingerprint density at radius 1 is 1.25 bits per heavy atom. The second-order valence-electron chi connectivity index (χ2n) is 3.98. The van der Waals surface area contributed by atoms with E-state index in [0.29, 0.717) is 17.7 Å². The van der Waals surface area contributed by atoms with Crippen molar-refractivity contribution in [3.8, 4) is 0 Å². The van der Waals surface area contributed by atoms with Crippen LogP contribution in [0.1, 0.15) is 27.2 Å². The zero-order valence-electron chi connectivity index (χ0n) is 9.49. The van der Waals surface area contributed by atoms with Crippen LogP contribution >= 0.6 is 0 Å². The van der Waals surface area contributed by atoms with E-state index in [-0.39, 0.29) is 5.78 Å². The van der Waals surface area contributed by atoms with Crippen LogP contribution in [0.2, 0.25) is 0 Å². The van der Waals surface area contributed by atoms with E-state index in [1.807, 2.05) is 38.1 Å². The zero-order chi connectivity index (χ0) is 11.5. The third-order valence-corrected chi connectivity index (χ3v) is 2.61. The molecule has 0 amide bonds. The second-order valence-corrected chi connectivity index (χ2v) is 3.98. The highest BCUT2D eigenvalue weighted by atomic mass is 16.3. The summed E-state index contributed by atoms with van der Waals surface area (Å²) in [4.78, 5) is 11.9. The number of rotatable bonds is 3. The Morgan fingerprint density at radius 3 is 2.69 bits per heavy atom. The maximum atomic E-state index is 11.9. The number of Topliss-reactive ketones (excluding diaryl/α,β-unsaturated/α-hetero) is 1. The van der Waals surface area contributed by atoms with Gasteiger partial charge in [0.1, 0.15) is 5.76 Å². The predicted octanol–water partition coefficient (Wildman–Crippen LogP) is 3.32. The van der Waals surface area contributed by atoms with Crippen molar-refractivity contribution in [2.24, 2.45) is 0 Å². The molecule has 0 spiro atoms. The number of aryl methyl sites for hydroxylation is 2. The van der Waals surface area contributed by atoms with Crippen LogP contribution in [0.15, 0.2) is 41.0 Å². The van der Waals surface area contributed by atoms with Crippen molar-refractivity contribution >= 4 is 5.78 Å². The minimum atomic E-state index is 0.108. The third-order valence-electron chi connectivity index (χ3n) is 2.61. The van der Waals surface area contributed by atoms with Gasteiger partial charge in [0.2, 0.25) is 0 Å². The molecule has 0 bridgehead atoms. The normalized spacial score (nSPS) is 10.4. The summed E-state index contributed by atoms with van der Waals surface area (Å²) >= 11 is 0. The zero-order valence-corrected chi connectivity index (χ0v) is 9.49. The van der Waals surface area contributed by atoms with E-state index in [1.165, 1.54) is 5.56 Å². The van der Waals surface area contributed by atoms with Crippen molar-refractivity contribution in [1.29, 1.82) is 0 Å². The van der Waals surface area contributed by atoms with Crippen molar-refractivity contribution < 1.29 is 9.21 Å². The van der Waals surface area contributed by atoms with Gasteiger partial charge in [-0.25, -0.2) is 0 Å². The van der Waals surface area contributed by atoms with Crippen LogP contribution in [0.5, 0.6) is 0 Å². The van der Waals surface area contributed by atoms with Crippen LogP contribution < -0.4 is 0 Å². The first-order chi connectivity index (χ1) is 7.66. The van der Waals surface area contributed by atoms with E-state index >= 15 is 0 Å². The van der Waals surface area contributed by atoms with Gasteiger partial charge >= 0.3 is 0 Å². The molecule has 0 aliphatic rings. The summed E-state index contributed by atoms with van der Waals surface area (Å²) in [5.74, 6) is 0.800. The van der Waals surface area contributed by atoms with E-state index in [2.05, 4.69) is 0 Å². The lowest BCUT2D eigenvalue weighted by molar-refractivity contribution is 0.0991. The third kappa shape index (κ3) is 2.22. The van der Waals surface area contributed by atoms with Crippen molar-refractivity contribution in [2.45, 2.75) is 20.3 Å². The van der Waals surface area contributed by atoms with Crippen LogP contribution in [0.3, 0.4) is 0 Å². The number of carbonyl (C=O) groups is 1. The van der Waals surface area contributed by atoms with Gasteiger partial charge in [0.25, 0.3) is 0 Å². The molecule has 1 heterocycles. The molecule has 0 unspecified atom stereocenters. The molecular formula is C14H14O2. The minimum absolute atomic E-state index is 0.108. The van der Waals surface area contributed by atoms with E-state index in [9.17, 15) is 4.79 Å². The van der Waals surface area contributed by atoms with Crippen LogP contribution in [0.25, 0.3) is 0 Å². The molecule has 0 aliphatic carbocycles. The molecule has 1 aromatic carbocycles. The molecule has 0 saturated carbocycles. The van der Waals surface area contributed by atoms with Gasteiger partial charge in [-0.15, -0.1) is 0 Å². The molecule has 0 fully saturated rings. The largest absolute Gasteiger partial charge is 0.469 e. The fourth-order valence-electron chi connectivity index (χ4n) is 1.78. The molecule has 2 nitrogen and oxygen atoms in total. The highest BCUT2D eigenvalue weighted by Gasteiger charge is 2.11. The maximum Gasteiger partial charge on any atom is 0.170 e. The number of furan rings is 1. The van der Waals surface area contributed by atoms with Gasteiger partial charge in [0, 0.05) is 6.42 Å². The first kappa shape index (κ1) is 10.7. The molecule has 2 rings (SSSR count). The van der Waals surface area contributed by atoms with Crippen molar-refractivity contribution in [1.82, 2.24) is 0 Å². The number of benzene rings is 1. The van der Waals surface area contributed by atoms with Gasteiger partial charge in [-0.05, 0) is 25.5 Å². The highest BCUT2D eigenvalue weighted by molar-refractivity contribution is 5.98. The van der Waals surface area contributed by atoms with Gasteiger partial charge in [-0.3, -0.25) is 4.79 Å². The Hall–Kier alpha value is -1.83. The van der Waals surface area contributed by atoms with Gasteiger partial charge in [-0.2, -0.15) is 0 Å². The number of carbonyl (C=O) groups excluding carboxylic acids is 1. The van der Waals surface area contributed by atoms with Crippen molar-refractivity contribution in [3.63, 3.8) is 0 Å². The first-order valence-electron chi connectivity index (χ1n) is 5.29. The lowest BCUT2D eigenvalue weighted by Crippen LogP contribution is -2.03. The van der Waals surface area contributed by atoms with Gasteiger partial charge in [-0.1, -0.05) is 29.8 Å². The molecule has 2 heteroatoms. The Morgan fingerprint density at radius 2 is 2.06 bits per heavy atom. The molecule has 16 heavy (non-hydrogen) atoms. The van der Waals surface area contributed by atoms with Crippen LogP contribution in [-0.2, 0) is 6.42 Å². The number of hydrogen-bond acceptors (Lipinski definition) is 2. The first-order valence-corrected chi connectivity index (χ1v) is 5.29. The maximum absolute atomic E-state index is 11.9. The summed E-state index contributed by atoms with van der Waals surface area (Å²) in [6.07, 6.45) is 1.99. The Labute approximate surface area is 94.9 Å². The molecule has 0 N–H and O–H groups in total. The second kappa shape index (κ2) is 4.35. The quantitative estimate of drug-likeness (QED) is 0.734. The molecule has 82 valence electrons. The fourth-order valence-corrected chi connectivity index (χ4v) is 1.78. The van der Waals surface area contributed by atoms with Crippen molar-refractivity contribution in [3.05, 3.63) is 59.0 Å². The van der Waals surface area contributed by atoms with Crippen LogP contribution in [-0.4, -0.2) is 5.78 Å². The standard InChI is InChI=1S/C14H14O2/c1-10-4-3-5-12(8-10)9-14(15)13-6-7-16-11(13)2/h3-8H,9H2,1-2H3. The molecule has 2 aromatic rings. The van der Waals surface area contributed by atoms with E-state index < -0.39 is 0 Å². The fraction of sp³-hybridized carbons (Fsp3) is 0.214. The van der Waals surface area contributed by atoms with Crippen LogP contribution in [0, 0.1) is 13.8 Å². The average Bonchev–Trinajstić information content (AvgIpc) is 2.64. The van der Waals surface area contributed by atoms with E-state index in [4.69, 9.17) is 4.42 Å². The average molecular weight is 214 g/mol. The Bertz CT molecular complexity index is 509. The summed E-state index contributed by atoms with van der Waals surface area (Å²) in [6, 6.07) is 9.73. The Balaban J connectivity index is 2.17. The molecular weight excluding hydrogens is 200 g/mol. The van der Waals surface area contributed by atoms with E-state index in [0.717, 1.165) is 5.56 Å². The molecule has 0 aliphatic heterocycles. The summed E-state index contributed by atoms with van der Waals surface area (Å²) in [6.45, 7) is 3.83. The number of hydrogen-bond donors (Lipinski definition) is 0. The predicted molar refractivity (Wildman–Crippen MR) is 62.7 cm³/mol.